The average Bonchev–Trinajstić information content (AvgIpc) is 3.38. The molecule has 2 saturated heterocycles. The van der Waals surface area contributed by atoms with E-state index in [2.05, 4.69) is 25.3 Å². The normalized spacial score (nSPS) is 25.0. The van der Waals surface area contributed by atoms with Crippen molar-refractivity contribution in [1.29, 1.82) is 0 Å². The molecule has 0 aromatic carbocycles. The van der Waals surface area contributed by atoms with Crippen LogP contribution in [0.4, 0.5) is 0 Å². The molecule has 1 amide bonds. The highest BCUT2D eigenvalue weighted by molar-refractivity contribution is 5.86. The number of methoxy groups -OCH3 is 1. The summed E-state index contributed by atoms with van der Waals surface area (Å²) < 4.78 is 11.9. The van der Waals surface area contributed by atoms with Crippen LogP contribution in [0.1, 0.15) is 42.7 Å². The molecule has 1 aromatic rings. The second kappa shape index (κ2) is 7.92. The summed E-state index contributed by atoms with van der Waals surface area (Å²) in [5.41, 5.74) is 0.198. The number of rotatable bonds is 6. The van der Waals surface area contributed by atoms with Gasteiger partial charge in [0, 0.05) is 26.2 Å². The molecule has 3 heterocycles. The van der Waals surface area contributed by atoms with Crippen LogP contribution in [0.15, 0.2) is 6.20 Å². The second-order valence-electron chi connectivity index (χ2n) is 6.57. The van der Waals surface area contributed by atoms with Crippen molar-refractivity contribution < 1.29 is 19.1 Å². The predicted octanol–water partition coefficient (Wildman–Crippen LogP) is -0.00480. The summed E-state index contributed by atoms with van der Waals surface area (Å²) in [4.78, 5) is 26.0. The third-order valence-electron chi connectivity index (χ3n) is 4.93. The van der Waals surface area contributed by atoms with Gasteiger partial charge in [-0.3, -0.25) is 9.69 Å². The molecule has 2 fully saturated rings. The highest BCUT2D eigenvalue weighted by atomic mass is 16.5. The van der Waals surface area contributed by atoms with E-state index in [9.17, 15) is 9.59 Å². The first-order valence-corrected chi connectivity index (χ1v) is 8.72. The number of hydrogen-bond acceptors (Lipinski definition) is 7. The Balaban J connectivity index is 1.50. The summed E-state index contributed by atoms with van der Waals surface area (Å²) >= 11 is 0. The molecule has 1 N–H and O–H groups in total. The number of nitrogens with zero attached hydrogens (tertiary/aromatic N) is 4. The minimum absolute atomic E-state index is 0.0185. The van der Waals surface area contributed by atoms with Gasteiger partial charge < -0.3 is 14.8 Å². The van der Waals surface area contributed by atoms with Crippen LogP contribution >= 0.6 is 0 Å². The van der Waals surface area contributed by atoms with Gasteiger partial charge in [-0.1, -0.05) is 5.21 Å². The number of carbonyl (C=O) groups excluding carboxylic acids is 2. The standard InChI is InChI=1S/C16H25N5O4/c1-11(15(22)17-8-13-4-3-7-25-13)20-6-5-12(9-20)21-10-14(18-19-21)16(23)24-2/h10-13H,3-9H2,1-2H3,(H,17,22)/t11-,12-,13-/m1/s1. The molecule has 3 rings (SSSR count). The van der Waals surface area contributed by atoms with Crippen molar-refractivity contribution >= 4 is 11.9 Å². The zero-order chi connectivity index (χ0) is 17.8. The fourth-order valence-electron chi connectivity index (χ4n) is 3.32. The first-order chi connectivity index (χ1) is 12.1. The third kappa shape index (κ3) is 4.16. The molecular formula is C16H25N5O4. The Morgan fingerprint density at radius 1 is 1.48 bits per heavy atom. The van der Waals surface area contributed by atoms with Crippen LogP contribution in [0.25, 0.3) is 0 Å². The maximum absolute atomic E-state index is 12.4. The highest BCUT2D eigenvalue weighted by Crippen LogP contribution is 2.23. The Labute approximate surface area is 146 Å². The number of likely N-dealkylation sites (tertiary alicyclic amines) is 1. The van der Waals surface area contributed by atoms with E-state index in [4.69, 9.17) is 4.74 Å². The van der Waals surface area contributed by atoms with Crippen LogP contribution in [0, 0.1) is 0 Å². The fourth-order valence-corrected chi connectivity index (χ4v) is 3.32. The molecule has 0 saturated carbocycles. The molecule has 138 valence electrons. The van der Waals surface area contributed by atoms with Crippen molar-refractivity contribution in [2.24, 2.45) is 0 Å². The van der Waals surface area contributed by atoms with Crippen LogP contribution in [-0.4, -0.2) is 77.3 Å². The van der Waals surface area contributed by atoms with Crippen LogP contribution in [0.2, 0.25) is 0 Å². The molecule has 3 atom stereocenters. The van der Waals surface area contributed by atoms with Crippen molar-refractivity contribution in [3.8, 4) is 0 Å². The lowest BCUT2D eigenvalue weighted by Crippen LogP contribution is -2.46. The van der Waals surface area contributed by atoms with Crippen molar-refractivity contribution in [3.05, 3.63) is 11.9 Å². The average molecular weight is 351 g/mol. The molecule has 1 aromatic heterocycles. The quantitative estimate of drug-likeness (QED) is 0.720. The zero-order valence-corrected chi connectivity index (χ0v) is 14.7. The molecule has 0 unspecified atom stereocenters. The van der Waals surface area contributed by atoms with Crippen LogP contribution in [0.5, 0.6) is 0 Å². The zero-order valence-electron chi connectivity index (χ0n) is 14.7. The molecule has 25 heavy (non-hydrogen) atoms. The Bertz CT molecular complexity index is 613. The molecule has 0 spiro atoms. The van der Waals surface area contributed by atoms with Gasteiger partial charge in [0.1, 0.15) is 0 Å². The number of nitrogens with one attached hydrogen (secondary N) is 1. The van der Waals surface area contributed by atoms with Crippen molar-refractivity contribution in [3.63, 3.8) is 0 Å². The number of amides is 1. The molecule has 0 bridgehead atoms. The molecule has 9 nitrogen and oxygen atoms in total. The van der Waals surface area contributed by atoms with E-state index in [-0.39, 0.29) is 29.8 Å². The molecule has 9 heteroatoms. The van der Waals surface area contributed by atoms with Gasteiger partial charge in [-0.15, -0.1) is 5.10 Å². The molecule has 2 aliphatic heterocycles. The van der Waals surface area contributed by atoms with E-state index in [1.807, 2.05) is 6.92 Å². The number of hydrogen-bond donors (Lipinski definition) is 1. The summed E-state index contributed by atoms with van der Waals surface area (Å²) in [6, 6.07) is -0.116. The van der Waals surface area contributed by atoms with E-state index in [0.717, 1.165) is 32.4 Å². The van der Waals surface area contributed by atoms with E-state index in [1.165, 1.54) is 7.11 Å². The summed E-state index contributed by atoms with van der Waals surface area (Å²) in [7, 11) is 1.32. The van der Waals surface area contributed by atoms with Gasteiger partial charge in [-0.05, 0) is 26.2 Å². The fraction of sp³-hybridized carbons (Fsp3) is 0.750. The highest BCUT2D eigenvalue weighted by Gasteiger charge is 2.31. The summed E-state index contributed by atoms with van der Waals surface area (Å²) in [6.07, 6.45) is 4.68. The van der Waals surface area contributed by atoms with Crippen LogP contribution < -0.4 is 5.32 Å². The summed E-state index contributed by atoms with van der Waals surface area (Å²) in [5, 5.41) is 10.8. The first kappa shape index (κ1) is 17.8. The van der Waals surface area contributed by atoms with Crippen molar-refractivity contribution in [1.82, 2.24) is 25.2 Å². The van der Waals surface area contributed by atoms with Gasteiger partial charge in [0.2, 0.25) is 5.91 Å². The molecule has 0 aliphatic carbocycles. The van der Waals surface area contributed by atoms with Crippen molar-refractivity contribution in [2.75, 3.05) is 33.4 Å². The first-order valence-electron chi connectivity index (χ1n) is 8.72. The lowest BCUT2D eigenvalue weighted by atomic mass is 10.2. The Kier molecular flexibility index (Phi) is 5.64. The van der Waals surface area contributed by atoms with Crippen LogP contribution in [-0.2, 0) is 14.3 Å². The molecular weight excluding hydrogens is 326 g/mol. The van der Waals surface area contributed by atoms with E-state index < -0.39 is 5.97 Å². The summed E-state index contributed by atoms with van der Waals surface area (Å²) in [5.74, 6) is -0.479. The van der Waals surface area contributed by atoms with Gasteiger partial charge in [-0.25, -0.2) is 9.48 Å². The van der Waals surface area contributed by atoms with Gasteiger partial charge in [0.15, 0.2) is 5.69 Å². The molecule has 0 radical (unpaired) electrons. The third-order valence-corrected chi connectivity index (χ3v) is 4.93. The number of aromatic nitrogens is 3. The Hall–Kier alpha value is -2.00. The largest absolute Gasteiger partial charge is 0.464 e. The van der Waals surface area contributed by atoms with E-state index in [1.54, 1.807) is 10.9 Å². The topological polar surface area (TPSA) is 98.6 Å². The minimum Gasteiger partial charge on any atom is -0.464 e. The lowest BCUT2D eigenvalue weighted by Gasteiger charge is -2.24. The predicted molar refractivity (Wildman–Crippen MR) is 88.0 cm³/mol. The number of ether oxygens (including phenoxy) is 2. The SMILES string of the molecule is COC(=O)c1cn([C@@H]2CCN([C@H](C)C(=O)NC[C@H]3CCCO3)C2)nn1. The lowest BCUT2D eigenvalue weighted by molar-refractivity contribution is -0.126. The van der Waals surface area contributed by atoms with E-state index >= 15 is 0 Å². The van der Waals surface area contributed by atoms with Crippen molar-refractivity contribution in [2.45, 2.75) is 44.4 Å². The Morgan fingerprint density at radius 3 is 3.04 bits per heavy atom. The van der Waals surface area contributed by atoms with Crippen LogP contribution in [0.3, 0.4) is 0 Å². The second-order valence-corrected chi connectivity index (χ2v) is 6.57. The van der Waals surface area contributed by atoms with E-state index in [0.29, 0.717) is 13.1 Å². The molecule has 2 aliphatic rings. The number of esters is 1. The van der Waals surface area contributed by atoms with Gasteiger partial charge >= 0.3 is 5.97 Å². The van der Waals surface area contributed by atoms with Gasteiger partial charge in [-0.2, -0.15) is 0 Å². The van der Waals surface area contributed by atoms with Gasteiger partial charge in [0.25, 0.3) is 0 Å². The minimum atomic E-state index is -0.497. The Morgan fingerprint density at radius 2 is 2.32 bits per heavy atom. The smallest absolute Gasteiger partial charge is 0.360 e. The maximum atomic E-state index is 12.4. The summed E-state index contributed by atoms with van der Waals surface area (Å²) in [6.45, 7) is 4.76. The van der Waals surface area contributed by atoms with Gasteiger partial charge in [0.05, 0.1) is 31.5 Å². The maximum Gasteiger partial charge on any atom is 0.360 e. The number of carbonyl (C=O) groups is 2. The monoisotopic (exact) mass is 351 g/mol.